The lowest BCUT2D eigenvalue weighted by molar-refractivity contribution is 0.0951. The molecule has 25 heavy (non-hydrogen) atoms. The number of hydrogen-bond donors (Lipinski definition) is 1. The molecule has 0 saturated carbocycles. The van der Waals surface area contributed by atoms with E-state index in [0.29, 0.717) is 12.1 Å². The predicted octanol–water partition coefficient (Wildman–Crippen LogP) is 2.83. The number of likely N-dealkylation sites (tertiary alicyclic amines) is 1. The highest BCUT2D eigenvalue weighted by molar-refractivity contribution is 5.93. The number of aromatic nitrogens is 2. The Morgan fingerprint density at radius 1 is 1.16 bits per heavy atom. The monoisotopic (exact) mass is 340 g/mol. The van der Waals surface area contributed by atoms with E-state index in [2.05, 4.69) is 53.4 Å². The minimum absolute atomic E-state index is 0.0894. The quantitative estimate of drug-likeness (QED) is 0.910. The molecule has 5 heteroatoms. The van der Waals surface area contributed by atoms with Gasteiger partial charge in [-0.1, -0.05) is 38.1 Å². The minimum Gasteiger partial charge on any atom is -0.348 e. The van der Waals surface area contributed by atoms with Crippen molar-refractivity contribution in [2.24, 2.45) is 18.9 Å². The standard InChI is InChI=1S/C20H28N4O/c1-15-8-16(2)12-24(11-15)13-18-6-4-17(5-7-18)9-21-20(25)19-10-22-23(3)14-19/h4-7,10,14-16H,8-9,11-13H2,1-3H3,(H,21,25)/t15-,16-/m1/s1. The van der Waals surface area contributed by atoms with Gasteiger partial charge in [0.05, 0.1) is 11.8 Å². The summed E-state index contributed by atoms with van der Waals surface area (Å²) in [5, 5.41) is 6.96. The van der Waals surface area contributed by atoms with Gasteiger partial charge in [0, 0.05) is 39.4 Å². The summed E-state index contributed by atoms with van der Waals surface area (Å²) >= 11 is 0. The van der Waals surface area contributed by atoms with E-state index in [4.69, 9.17) is 0 Å². The van der Waals surface area contributed by atoms with Gasteiger partial charge < -0.3 is 5.32 Å². The van der Waals surface area contributed by atoms with Crippen molar-refractivity contribution >= 4 is 5.91 Å². The second-order valence-corrected chi connectivity index (χ2v) is 7.54. The van der Waals surface area contributed by atoms with E-state index in [1.165, 1.54) is 25.1 Å². The van der Waals surface area contributed by atoms with Gasteiger partial charge in [-0.2, -0.15) is 5.10 Å². The molecule has 1 fully saturated rings. The number of carbonyl (C=O) groups excluding carboxylic acids is 1. The first-order valence-corrected chi connectivity index (χ1v) is 9.06. The van der Waals surface area contributed by atoms with Crippen molar-refractivity contribution < 1.29 is 4.79 Å². The Morgan fingerprint density at radius 2 is 1.80 bits per heavy atom. The summed E-state index contributed by atoms with van der Waals surface area (Å²) in [7, 11) is 1.80. The summed E-state index contributed by atoms with van der Waals surface area (Å²) in [4.78, 5) is 14.6. The van der Waals surface area contributed by atoms with Crippen molar-refractivity contribution in [1.29, 1.82) is 0 Å². The number of piperidine rings is 1. The van der Waals surface area contributed by atoms with Crippen LogP contribution in [0.3, 0.4) is 0 Å². The number of hydrogen-bond acceptors (Lipinski definition) is 3. The highest BCUT2D eigenvalue weighted by Crippen LogP contribution is 2.22. The number of carbonyl (C=O) groups is 1. The molecule has 1 saturated heterocycles. The van der Waals surface area contributed by atoms with Crippen LogP contribution in [0.25, 0.3) is 0 Å². The Kier molecular flexibility index (Phi) is 5.53. The van der Waals surface area contributed by atoms with Gasteiger partial charge in [-0.15, -0.1) is 0 Å². The molecule has 3 rings (SSSR count). The van der Waals surface area contributed by atoms with Crippen molar-refractivity contribution in [2.45, 2.75) is 33.4 Å². The van der Waals surface area contributed by atoms with E-state index in [1.807, 2.05) is 0 Å². The van der Waals surface area contributed by atoms with Gasteiger partial charge in [0.15, 0.2) is 0 Å². The molecule has 2 atom stereocenters. The Bertz CT molecular complexity index is 697. The average molecular weight is 340 g/mol. The molecule has 2 heterocycles. The van der Waals surface area contributed by atoms with Crippen LogP contribution in [0.2, 0.25) is 0 Å². The molecule has 0 bridgehead atoms. The van der Waals surface area contributed by atoms with E-state index in [0.717, 1.165) is 23.9 Å². The summed E-state index contributed by atoms with van der Waals surface area (Å²) in [5.74, 6) is 1.48. The largest absolute Gasteiger partial charge is 0.348 e. The predicted molar refractivity (Wildman–Crippen MR) is 99.0 cm³/mol. The van der Waals surface area contributed by atoms with Crippen molar-refractivity contribution in [3.63, 3.8) is 0 Å². The first kappa shape index (κ1) is 17.7. The Hall–Kier alpha value is -2.14. The van der Waals surface area contributed by atoms with E-state index in [9.17, 15) is 4.79 Å². The molecule has 0 aliphatic carbocycles. The van der Waals surface area contributed by atoms with Crippen LogP contribution in [0.1, 0.15) is 41.8 Å². The first-order chi connectivity index (χ1) is 12.0. The molecule has 0 radical (unpaired) electrons. The molecule has 1 amide bonds. The fourth-order valence-corrected chi connectivity index (χ4v) is 3.76. The van der Waals surface area contributed by atoms with Crippen LogP contribution in [0.15, 0.2) is 36.7 Å². The van der Waals surface area contributed by atoms with Crippen LogP contribution in [0, 0.1) is 11.8 Å². The van der Waals surface area contributed by atoms with Crippen LogP contribution in [-0.2, 0) is 20.1 Å². The van der Waals surface area contributed by atoms with Gasteiger partial charge in [-0.05, 0) is 29.4 Å². The number of benzene rings is 1. The summed E-state index contributed by atoms with van der Waals surface area (Å²) in [6.07, 6.45) is 4.64. The van der Waals surface area contributed by atoms with Crippen LogP contribution >= 0.6 is 0 Å². The van der Waals surface area contributed by atoms with Crippen molar-refractivity contribution in [3.05, 3.63) is 53.3 Å². The summed E-state index contributed by atoms with van der Waals surface area (Å²) < 4.78 is 1.63. The highest BCUT2D eigenvalue weighted by atomic mass is 16.1. The Balaban J connectivity index is 1.51. The molecule has 134 valence electrons. The smallest absolute Gasteiger partial charge is 0.254 e. The Labute approximate surface area is 150 Å². The molecule has 1 aliphatic heterocycles. The zero-order chi connectivity index (χ0) is 17.8. The number of amides is 1. The second kappa shape index (κ2) is 7.83. The van der Waals surface area contributed by atoms with E-state index in [1.54, 1.807) is 24.1 Å². The van der Waals surface area contributed by atoms with Crippen LogP contribution in [-0.4, -0.2) is 33.7 Å². The maximum Gasteiger partial charge on any atom is 0.254 e. The molecule has 1 aliphatic rings. The lowest BCUT2D eigenvalue weighted by atomic mass is 9.91. The fraction of sp³-hybridized carbons (Fsp3) is 0.500. The van der Waals surface area contributed by atoms with Crippen LogP contribution < -0.4 is 5.32 Å². The Morgan fingerprint density at radius 3 is 2.40 bits per heavy atom. The number of nitrogens with one attached hydrogen (secondary N) is 1. The van der Waals surface area contributed by atoms with E-state index in [-0.39, 0.29) is 5.91 Å². The molecule has 5 nitrogen and oxygen atoms in total. The molecule has 0 spiro atoms. The third kappa shape index (κ3) is 4.92. The van der Waals surface area contributed by atoms with Gasteiger partial charge in [0.1, 0.15) is 0 Å². The van der Waals surface area contributed by atoms with Crippen molar-refractivity contribution in [2.75, 3.05) is 13.1 Å². The molecular weight excluding hydrogens is 312 g/mol. The zero-order valence-corrected chi connectivity index (χ0v) is 15.4. The van der Waals surface area contributed by atoms with Crippen molar-refractivity contribution in [3.8, 4) is 0 Å². The molecule has 1 N–H and O–H groups in total. The lowest BCUT2D eigenvalue weighted by Crippen LogP contribution is -2.38. The SMILES string of the molecule is C[C@@H]1C[C@@H](C)CN(Cc2ccc(CNC(=O)c3cnn(C)c3)cc2)C1. The fourth-order valence-electron chi connectivity index (χ4n) is 3.76. The number of nitrogens with zero attached hydrogens (tertiary/aromatic N) is 3. The zero-order valence-electron chi connectivity index (χ0n) is 15.4. The summed E-state index contributed by atoms with van der Waals surface area (Å²) in [5.41, 5.74) is 3.04. The topological polar surface area (TPSA) is 50.2 Å². The summed E-state index contributed by atoms with van der Waals surface area (Å²) in [6.45, 7) is 8.61. The van der Waals surface area contributed by atoms with E-state index < -0.39 is 0 Å². The van der Waals surface area contributed by atoms with Crippen molar-refractivity contribution in [1.82, 2.24) is 20.0 Å². The van der Waals surface area contributed by atoms with Gasteiger partial charge in [0.25, 0.3) is 5.91 Å². The highest BCUT2D eigenvalue weighted by Gasteiger charge is 2.21. The third-order valence-corrected chi connectivity index (χ3v) is 4.79. The second-order valence-electron chi connectivity index (χ2n) is 7.54. The normalized spacial score (nSPS) is 21.2. The van der Waals surface area contributed by atoms with Gasteiger partial charge >= 0.3 is 0 Å². The molecule has 1 aromatic carbocycles. The van der Waals surface area contributed by atoms with Gasteiger partial charge in [-0.3, -0.25) is 14.4 Å². The molecule has 1 aromatic heterocycles. The molecule has 2 aromatic rings. The summed E-state index contributed by atoms with van der Waals surface area (Å²) in [6, 6.07) is 8.57. The van der Waals surface area contributed by atoms with Gasteiger partial charge in [-0.25, -0.2) is 0 Å². The first-order valence-electron chi connectivity index (χ1n) is 9.06. The van der Waals surface area contributed by atoms with Gasteiger partial charge in [0.2, 0.25) is 0 Å². The molecule has 0 unspecified atom stereocenters. The average Bonchev–Trinajstić information content (AvgIpc) is 2.99. The third-order valence-electron chi connectivity index (χ3n) is 4.79. The minimum atomic E-state index is -0.0894. The maximum atomic E-state index is 12.1. The number of aryl methyl sites for hydroxylation is 1. The maximum absolute atomic E-state index is 12.1. The van der Waals surface area contributed by atoms with Crippen LogP contribution in [0.4, 0.5) is 0 Å². The lowest BCUT2D eigenvalue weighted by Gasteiger charge is -2.35. The molecular formula is C20H28N4O. The number of rotatable bonds is 5. The van der Waals surface area contributed by atoms with E-state index >= 15 is 0 Å². The van der Waals surface area contributed by atoms with Crippen LogP contribution in [0.5, 0.6) is 0 Å².